The van der Waals surface area contributed by atoms with Crippen LogP contribution >= 0.6 is 0 Å². The molecule has 2 saturated heterocycles. The van der Waals surface area contributed by atoms with Crippen molar-refractivity contribution < 1.29 is 9.00 Å². The maximum Gasteiger partial charge on any atom is 0.236 e. The number of benzene rings is 2. The second kappa shape index (κ2) is 11.7. The first-order chi connectivity index (χ1) is 22.4. The van der Waals surface area contributed by atoms with Gasteiger partial charge in [-0.05, 0) is 86.9 Å². The molecule has 0 bridgehead atoms. The summed E-state index contributed by atoms with van der Waals surface area (Å²) in [6.07, 6.45) is 7.47. The zero-order valence-corrected chi connectivity index (χ0v) is 27.3. The molecule has 46 heavy (non-hydrogen) atoms. The number of nitrogens with one attached hydrogen (secondary N) is 3. The molecule has 3 N–H and O–H groups in total. The minimum atomic E-state index is -1.20. The maximum absolute atomic E-state index is 13.6. The Labute approximate surface area is 271 Å². The number of aromatic nitrogens is 4. The summed E-state index contributed by atoms with van der Waals surface area (Å²) in [6.45, 7) is 4.39. The number of carbonyl (C=O) groups is 1. The molecule has 3 fully saturated rings. The molecule has 0 radical (unpaired) electrons. The molecule has 240 valence electrons. The largest absolute Gasteiger partial charge is 0.371 e. The Hall–Kier alpha value is -3.87. The fourth-order valence-corrected chi connectivity index (χ4v) is 8.95. The quantitative estimate of drug-likeness (QED) is 0.260. The van der Waals surface area contributed by atoms with Gasteiger partial charge in [0.15, 0.2) is 5.82 Å². The lowest BCUT2D eigenvalue weighted by atomic mass is 9.88. The third-order valence-electron chi connectivity index (χ3n) is 10.4. The third-order valence-corrected chi connectivity index (χ3v) is 11.9. The Morgan fingerprint density at radius 2 is 1.83 bits per heavy atom. The number of amides is 1. The average molecular weight is 640 g/mol. The highest BCUT2D eigenvalue weighted by atomic mass is 32.2. The molecule has 11 nitrogen and oxygen atoms in total. The Morgan fingerprint density at radius 1 is 1.04 bits per heavy atom. The summed E-state index contributed by atoms with van der Waals surface area (Å²) in [5.74, 6) is 2.69. The molecular weight excluding hydrogens is 599 g/mol. The molecule has 1 spiro atoms. The number of para-hydroxylation sites is 1. The molecule has 2 aromatic carbocycles. The fourth-order valence-electron chi connectivity index (χ4n) is 7.66. The van der Waals surface area contributed by atoms with Crippen molar-refractivity contribution in [2.24, 2.45) is 7.05 Å². The summed E-state index contributed by atoms with van der Waals surface area (Å²) in [5.41, 5.74) is 4.40. The first-order valence-electron chi connectivity index (χ1n) is 16.5. The lowest BCUT2D eigenvalue weighted by Crippen LogP contribution is -2.40. The molecule has 4 aliphatic rings. The summed E-state index contributed by atoms with van der Waals surface area (Å²) < 4.78 is 17.7. The van der Waals surface area contributed by atoms with Gasteiger partial charge in [0, 0.05) is 56.9 Å². The van der Waals surface area contributed by atoms with E-state index in [1.165, 1.54) is 22.0 Å². The molecule has 8 rings (SSSR count). The molecule has 2 aromatic heterocycles. The monoisotopic (exact) mass is 639 g/mol. The molecule has 1 amide bonds. The smallest absolute Gasteiger partial charge is 0.236 e. The molecule has 4 aromatic rings. The highest BCUT2D eigenvalue weighted by molar-refractivity contribution is 7.82. The minimum Gasteiger partial charge on any atom is -0.371 e. The fraction of sp³-hybridized carbons (Fsp3) is 0.471. The summed E-state index contributed by atoms with van der Waals surface area (Å²) in [5, 5.41) is 15.5. The van der Waals surface area contributed by atoms with Crippen LogP contribution in [0, 0.1) is 0 Å². The molecule has 1 aliphatic carbocycles. The summed E-state index contributed by atoms with van der Waals surface area (Å²) in [6, 6.07) is 15.1. The van der Waals surface area contributed by atoms with Crippen LogP contribution in [0.25, 0.3) is 10.9 Å². The second-order valence-electron chi connectivity index (χ2n) is 13.3. The van der Waals surface area contributed by atoms with Crippen molar-refractivity contribution in [3.63, 3.8) is 0 Å². The lowest BCUT2D eigenvalue weighted by molar-refractivity contribution is -0.117. The number of hydrogen-bond acceptors (Lipinski definition) is 8. The first kappa shape index (κ1) is 29.5. The minimum absolute atomic E-state index is 0.0525. The SMILES string of the molecule is CNc1nn(C)c2c(C3CCN(Cc4cccc(S(=O)N5CCC(Nc6ncc7c(n6)NC(=O)C76CC6)CC5)c4)CC3)cccc12. The number of aryl methyl sites for hydroxylation is 1. The van der Waals surface area contributed by atoms with E-state index < -0.39 is 11.0 Å². The van der Waals surface area contributed by atoms with Crippen LogP contribution in [0.2, 0.25) is 0 Å². The number of likely N-dealkylation sites (tertiary alicyclic amines) is 1. The van der Waals surface area contributed by atoms with E-state index in [0.717, 1.165) is 87.5 Å². The van der Waals surface area contributed by atoms with Crippen LogP contribution < -0.4 is 16.0 Å². The highest BCUT2D eigenvalue weighted by Gasteiger charge is 2.57. The Bertz CT molecular complexity index is 1820. The van der Waals surface area contributed by atoms with E-state index in [0.29, 0.717) is 17.7 Å². The highest BCUT2D eigenvalue weighted by Crippen LogP contribution is 2.54. The third kappa shape index (κ3) is 5.26. The van der Waals surface area contributed by atoms with Gasteiger partial charge in [-0.25, -0.2) is 13.5 Å². The second-order valence-corrected chi connectivity index (χ2v) is 14.7. The number of piperidine rings is 2. The van der Waals surface area contributed by atoms with Gasteiger partial charge in [0.05, 0.1) is 15.8 Å². The molecule has 3 aliphatic heterocycles. The standard InChI is InChI=1S/C34H41N9O2S/c1-35-30-27-8-4-7-26(29(27)41(2)40-30)23-9-15-42(16-10-23)21-22-5-3-6-25(19-22)46(45)43-17-11-24(12-18-43)37-33-36-20-28-31(39-33)38-32(44)34(28)13-14-34/h3-8,19-20,23-24H,9-18,21H2,1-2H3,(H,35,40)(H2,36,37,38,39,44). The molecule has 1 unspecified atom stereocenters. The van der Waals surface area contributed by atoms with Crippen LogP contribution in [0.5, 0.6) is 0 Å². The van der Waals surface area contributed by atoms with Crippen molar-refractivity contribution in [3.05, 3.63) is 65.4 Å². The van der Waals surface area contributed by atoms with Crippen LogP contribution in [-0.2, 0) is 34.8 Å². The van der Waals surface area contributed by atoms with E-state index in [1.54, 1.807) is 6.20 Å². The molecule has 12 heteroatoms. The van der Waals surface area contributed by atoms with Crippen molar-refractivity contribution in [2.45, 2.75) is 67.3 Å². The van der Waals surface area contributed by atoms with Crippen LogP contribution in [-0.4, -0.2) is 78.3 Å². The number of carbonyl (C=O) groups excluding carboxylic acids is 1. The topological polar surface area (TPSA) is 120 Å². The van der Waals surface area contributed by atoms with Crippen molar-refractivity contribution in [1.82, 2.24) is 29.0 Å². The zero-order chi connectivity index (χ0) is 31.4. The van der Waals surface area contributed by atoms with Gasteiger partial charge < -0.3 is 16.0 Å². The van der Waals surface area contributed by atoms with Crippen molar-refractivity contribution in [2.75, 3.05) is 49.2 Å². The Balaban J connectivity index is 0.847. The van der Waals surface area contributed by atoms with E-state index in [1.807, 2.05) is 30.9 Å². The number of hydrogen-bond donors (Lipinski definition) is 3. The van der Waals surface area contributed by atoms with Crippen molar-refractivity contribution in [1.29, 1.82) is 0 Å². The normalized spacial score (nSPS) is 21.0. The van der Waals surface area contributed by atoms with Crippen molar-refractivity contribution in [3.8, 4) is 0 Å². The van der Waals surface area contributed by atoms with E-state index >= 15 is 0 Å². The summed E-state index contributed by atoms with van der Waals surface area (Å²) >= 11 is 0. The molecule has 1 atom stereocenters. The van der Waals surface area contributed by atoms with Gasteiger partial charge in [-0.15, -0.1) is 0 Å². The van der Waals surface area contributed by atoms with Gasteiger partial charge in [0.25, 0.3) is 0 Å². The van der Waals surface area contributed by atoms with Gasteiger partial charge in [0.1, 0.15) is 16.8 Å². The molecule has 5 heterocycles. The number of rotatable bonds is 8. The average Bonchev–Trinajstić information content (AvgIpc) is 3.76. The van der Waals surface area contributed by atoms with Crippen LogP contribution in [0.4, 0.5) is 17.6 Å². The Morgan fingerprint density at radius 3 is 2.59 bits per heavy atom. The number of fused-ring (bicyclic) bond motifs is 3. The van der Waals surface area contributed by atoms with Gasteiger partial charge in [-0.1, -0.05) is 24.3 Å². The van der Waals surface area contributed by atoms with Gasteiger partial charge in [-0.2, -0.15) is 10.1 Å². The number of anilines is 3. The van der Waals surface area contributed by atoms with E-state index in [4.69, 9.17) is 0 Å². The van der Waals surface area contributed by atoms with Crippen LogP contribution in [0.3, 0.4) is 0 Å². The zero-order valence-electron chi connectivity index (χ0n) is 26.5. The first-order valence-corrected chi connectivity index (χ1v) is 17.6. The lowest BCUT2D eigenvalue weighted by Gasteiger charge is -2.33. The Kier molecular flexibility index (Phi) is 7.53. The summed E-state index contributed by atoms with van der Waals surface area (Å²) in [4.78, 5) is 24.8. The summed E-state index contributed by atoms with van der Waals surface area (Å²) in [7, 11) is 2.76. The molecule has 1 saturated carbocycles. The van der Waals surface area contributed by atoms with Crippen LogP contribution in [0.15, 0.2) is 53.6 Å². The van der Waals surface area contributed by atoms with Crippen molar-refractivity contribution >= 4 is 45.4 Å². The van der Waals surface area contributed by atoms with Crippen LogP contribution in [0.1, 0.15) is 61.1 Å². The number of nitrogens with zero attached hydrogens (tertiary/aromatic N) is 6. The van der Waals surface area contributed by atoms with E-state index in [-0.39, 0.29) is 17.4 Å². The predicted octanol–water partition coefficient (Wildman–Crippen LogP) is 4.37. The van der Waals surface area contributed by atoms with Gasteiger partial charge in [-0.3, -0.25) is 14.4 Å². The maximum atomic E-state index is 13.6. The molecular formula is C34H41N9O2S. The predicted molar refractivity (Wildman–Crippen MR) is 180 cm³/mol. The van der Waals surface area contributed by atoms with E-state index in [9.17, 15) is 9.00 Å². The van der Waals surface area contributed by atoms with E-state index in [2.05, 4.69) is 70.6 Å². The van der Waals surface area contributed by atoms with Gasteiger partial charge >= 0.3 is 0 Å². The van der Waals surface area contributed by atoms with Gasteiger partial charge in [0.2, 0.25) is 11.9 Å².